The minimum Gasteiger partial charge on any atom is -0.480 e. The van der Waals surface area contributed by atoms with Crippen LogP contribution in [0.2, 0.25) is 0 Å². The summed E-state index contributed by atoms with van der Waals surface area (Å²) in [5.41, 5.74) is 6.23. The Kier molecular flexibility index (Phi) is 12.8. The molecule has 0 aliphatic heterocycles. The molecular weight excluding hydrogens is 450 g/mol. The number of benzene rings is 1. The van der Waals surface area contributed by atoms with Crippen LogP contribution in [0.1, 0.15) is 39.2 Å². The molecule has 1 rings (SSSR count). The van der Waals surface area contributed by atoms with Crippen molar-refractivity contribution in [3.05, 3.63) is 23.8 Å². The molecule has 12 heteroatoms. The molecule has 0 bridgehead atoms. The summed E-state index contributed by atoms with van der Waals surface area (Å²) in [6.45, 7) is 6.06. The van der Waals surface area contributed by atoms with Crippen molar-refractivity contribution >= 4 is 36.7 Å². The van der Waals surface area contributed by atoms with E-state index in [4.69, 9.17) is 29.4 Å². The average molecular weight is 478 g/mol. The Bertz CT molecular complexity index is 801. The van der Waals surface area contributed by atoms with Crippen LogP contribution in [0.15, 0.2) is 18.2 Å². The molecule has 1 aromatic carbocycles. The van der Waals surface area contributed by atoms with Crippen molar-refractivity contribution in [1.82, 2.24) is 0 Å². The second-order valence-corrected chi connectivity index (χ2v) is 6.45. The molecule has 0 heterocycles. The van der Waals surface area contributed by atoms with Crippen LogP contribution in [0.3, 0.4) is 0 Å². The van der Waals surface area contributed by atoms with E-state index in [9.17, 15) is 24.3 Å². The average Bonchev–Trinajstić information content (AvgIpc) is 2.68. The number of ether oxygens (including phenoxy) is 5. The minimum absolute atomic E-state index is 0. The number of rotatable bonds is 10. The standard InChI is InChI=1S/C20H27NO10.ClH/c1-5-27-19(25)30-14-8-7-13(9-15(14)31-20(26)28-6-2)16(17(21)18(23)24)11(3)10-29-12(4)22;/h7-9,11,16-17H,5-6,10,21H2,1-4H3,(H,23,24);1H/t11-,16?,17-;/m0./s1. The third kappa shape index (κ3) is 8.98. The molecule has 0 aromatic heterocycles. The summed E-state index contributed by atoms with van der Waals surface area (Å²) < 4.78 is 24.6. The number of hydrogen-bond acceptors (Lipinski definition) is 10. The van der Waals surface area contributed by atoms with Gasteiger partial charge in [0.25, 0.3) is 0 Å². The van der Waals surface area contributed by atoms with Crippen LogP contribution < -0.4 is 15.2 Å². The topological polar surface area (TPSA) is 161 Å². The highest BCUT2D eigenvalue weighted by Gasteiger charge is 2.32. The zero-order valence-electron chi connectivity index (χ0n) is 18.2. The second-order valence-electron chi connectivity index (χ2n) is 6.45. The first-order valence-corrected chi connectivity index (χ1v) is 9.55. The van der Waals surface area contributed by atoms with E-state index in [0.29, 0.717) is 5.56 Å². The Balaban J connectivity index is 0.00000961. The fourth-order valence-electron chi connectivity index (χ4n) is 2.77. The first kappa shape index (κ1) is 28.9. The molecule has 3 atom stereocenters. The van der Waals surface area contributed by atoms with Gasteiger partial charge < -0.3 is 34.5 Å². The lowest BCUT2D eigenvalue weighted by molar-refractivity contribution is -0.142. The number of carboxylic acid groups (broad SMARTS) is 1. The van der Waals surface area contributed by atoms with Crippen LogP contribution in [-0.4, -0.2) is 55.2 Å². The molecule has 0 spiro atoms. The van der Waals surface area contributed by atoms with Crippen molar-refractivity contribution in [3.63, 3.8) is 0 Å². The number of carbonyl (C=O) groups excluding carboxylic acids is 3. The molecule has 32 heavy (non-hydrogen) atoms. The third-order valence-electron chi connectivity index (χ3n) is 4.10. The SMILES string of the molecule is CCOC(=O)Oc1ccc(C([C@H](N)C(=O)O)[C@@H](C)COC(C)=O)cc1OC(=O)OCC.Cl. The maximum atomic E-state index is 11.8. The normalized spacial score (nSPS) is 12.9. The summed E-state index contributed by atoms with van der Waals surface area (Å²) in [5, 5.41) is 9.43. The second kappa shape index (κ2) is 14.1. The first-order valence-electron chi connectivity index (χ1n) is 9.55. The Morgan fingerprint density at radius 1 is 0.969 bits per heavy atom. The Morgan fingerprint density at radius 2 is 1.50 bits per heavy atom. The van der Waals surface area contributed by atoms with Gasteiger partial charge in [-0.25, -0.2) is 9.59 Å². The Morgan fingerprint density at radius 3 is 1.97 bits per heavy atom. The largest absolute Gasteiger partial charge is 0.513 e. The molecule has 0 amide bonds. The number of carbonyl (C=O) groups is 4. The maximum absolute atomic E-state index is 11.8. The van der Waals surface area contributed by atoms with Crippen molar-refractivity contribution in [2.75, 3.05) is 19.8 Å². The molecule has 0 saturated carbocycles. The van der Waals surface area contributed by atoms with Gasteiger partial charge in [0, 0.05) is 12.8 Å². The van der Waals surface area contributed by atoms with Crippen LogP contribution in [0, 0.1) is 5.92 Å². The van der Waals surface area contributed by atoms with Gasteiger partial charge in [-0.2, -0.15) is 0 Å². The van der Waals surface area contributed by atoms with E-state index in [2.05, 4.69) is 0 Å². The van der Waals surface area contributed by atoms with E-state index in [1.165, 1.54) is 25.1 Å². The fourth-order valence-corrected chi connectivity index (χ4v) is 2.77. The summed E-state index contributed by atoms with van der Waals surface area (Å²) in [5.74, 6) is -3.50. The van der Waals surface area contributed by atoms with Gasteiger partial charge in [-0.05, 0) is 37.5 Å². The van der Waals surface area contributed by atoms with Gasteiger partial charge in [0.05, 0.1) is 19.8 Å². The number of esters is 1. The molecule has 0 fully saturated rings. The van der Waals surface area contributed by atoms with Gasteiger partial charge >= 0.3 is 24.2 Å². The van der Waals surface area contributed by atoms with Gasteiger partial charge in [0.2, 0.25) is 0 Å². The maximum Gasteiger partial charge on any atom is 0.513 e. The molecule has 0 saturated heterocycles. The molecule has 0 radical (unpaired) electrons. The van der Waals surface area contributed by atoms with Crippen molar-refractivity contribution in [1.29, 1.82) is 0 Å². The monoisotopic (exact) mass is 477 g/mol. The van der Waals surface area contributed by atoms with Crippen molar-refractivity contribution in [3.8, 4) is 11.5 Å². The van der Waals surface area contributed by atoms with Gasteiger partial charge in [-0.15, -0.1) is 12.4 Å². The van der Waals surface area contributed by atoms with E-state index in [1.807, 2.05) is 0 Å². The zero-order valence-corrected chi connectivity index (χ0v) is 19.0. The van der Waals surface area contributed by atoms with Crippen LogP contribution in [0.4, 0.5) is 9.59 Å². The molecule has 0 aliphatic carbocycles. The highest BCUT2D eigenvalue weighted by Crippen LogP contribution is 2.36. The lowest BCUT2D eigenvalue weighted by Crippen LogP contribution is -2.40. The molecule has 1 aromatic rings. The predicted octanol–water partition coefficient (Wildman–Crippen LogP) is 2.87. The van der Waals surface area contributed by atoms with Gasteiger partial charge in [0.1, 0.15) is 6.04 Å². The Hall–Kier alpha value is -3.05. The van der Waals surface area contributed by atoms with Crippen molar-refractivity contribution < 1.29 is 48.0 Å². The smallest absolute Gasteiger partial charge is 0.480 e. The van der Waals surface area contributed by atoms with Crippen molar-refractivity contribution in [2.24, 2.45) is 11.7 Å². The first-order chi connectivity index (χ1) is 14.6. The van der Waals surface area contributed by atoms with Gasteiger partial charge in [0.15, 0.2) is 11.5 Å². The van der Waals surface area contributed by atoms with E-state index in [0.717, 1.165) is 0 Å². The Labute approximate surface area is 191 Å². The number of carboxylic acids is 1. The van der Waals surface area contributed by atoms with E-state index in [-0.39, 0.29) is 43.7 Å². The molecule has 1 unspecified atom stereocenters. The number of nitrogens with two attached hydrogens (primary N) is 1. The minimum atomic E-state index is -1.36. The predicted molar refractivity (Wildman–Crippen MR) is 113 cm³/mol. The molecular formula is C20H28ClNO10. The highest BCUT2D eigenvalue weighted by atomic mass is 35.5. The van der Waals surface area contributed by atoms with Crippen LogP contribution in [0.25, 0.3) is 0 Å². The summed E-state index contributed by atoms with van der Waals surface area (Å²) in [7, 11) is 0. The molecule has 0 aliphatic rings. The van der Waals surface area contributed by atoms with E-state index < -0.39 is 42.1 Å². The van der Waals surface area contributed by atoms with Gasteiger partial charge in [-0.1, -0.05) is 13.0 Å². The van der Waals surface area contributed by atoms with Crippen LogP contribution in [0.5, 0.6) is 11.5 Å². The highest BCUT2D eigenvalue weighted by molar-refractivity contribution is 5.85. The molecule has 11 nitrogen and oxygen atoms in total. The van der Waals surface area contributed by atoms with Crippen LogP contribution in [-0.2, 0) is 23.8 Å². The van der Waals surface area contributed by atoms with Crippen LogP contribution >= 0.6 is 12.4 Å². The summed E-state index contributed by atoms with van der Waals surface area (Å²) >= 11 is 0. The zero-order chi connectivity index (χ0) is 23.6. The van der Waals surface area contributed by atoms with E-state index >= 15 is 0 Å². The lowest BCUT2D eigenvalue weighted by atomic mass is 9.82. The quantitative estimate of drug-likeness (QED) is 0.289. The number of aliphatic carboxylic acids is 1. The summed E-state index contributed by atoms with van der Waals surface area (Å²) in [4.78, 5) is 46.2. The number of halogens is 1. The fraction of sp³-hybridized carbons (Fsp3) is 0.500. The summed E-state index contributed by atoms with van der Waals surface area (Å²) in [6.07, 6.45) is -2.08. The molecule has 3 N–H and O–H groups in total. The summed E-state index contributed by atoms with van der Waals surface area (Å²) in [6, 6.07) is 2.71. The van der Waals surface area contributed by atoms with Crippen molar-refractivity contribution in [2.45, 2.75) is 39.7 Å². The third-order valence-corrected chi connectivity index (χ3v) is 4.10. The number of hydrogen-bond donors (Lipinski definition) is 2. The lowest BCUT2D eigenvalue weighted by Gasteiger charge is -2.27. The van der Waals surface area contributed by atoms with Gasteiger partial charge in [-0.3, -0.25) is 9.59 Å². The van der Waals surface area contributed by atoms with E-state index in [1.54, 1.807) is 20.8 Å². The molecule has 180 valence electrons.